The SMILES string of the molecule is CCC(C)CN(CCO)Cc1ccc2c(c1)COC2=C1C(=O)Nc2ccc(F)cc21. The van der Waals surface area contributed by atoms with Gasteiger partial charge in [-0.15, -0.1) is 0 Å². The molecule has 1 atom stereocenters. The molecule has 5 nitrogen and oxygen atoms in total. The number of nitrogens with one attached hydrogen (secondary N) is 1. The normalized spacial score (nSPS) is 18.2. The molecule has 2 aliphatic rings. The van der Waals surface area contributed by atoms with E-state index in [0.29, 0.717) is 41.7 Å². The zero-order valence-corrected chi connectivity index (χ0v) is 17.4. The predicted molar refractivity (Wildman–Crippen MR) is 115 cm³/mol. The molecule has 0 aromatic heterocycles. The van der Waals surface area contributed by atoms with Crippen molar-refractivity contribution in [2.24, 2.45) is 5.92 Å². The van der Waals surface area contributed by atoms with Crippen LogP contribution in [0.5, 0.6) is 0 Å². The first-order valence-corrected chi connectivity index (χ1v) is 10.4. The Balaban J connectivity index is 1.63. The van der Waals surface area contributed by atoms with Crippen LogP contribution < -0.4 is 5.32 Å². The van der Waals surface area contributed by atoms with Gasteiger partial charge in [0.15, 0.2) is 0 Å². The molecule has 0 radical (unpaired) electrons. The first-order valence-electron chi connectivity index (χ1n) is 10.4. The van der Waals surface area contributed by atoms with Gasteiger partial charge in [-0.3, -0.25) is 9.69 Å². The standard InChI is InChI=1S/C24H27FN2O3/c1-3-15(2)12-27(8-9-28)13-16-4-6-19-17(10-16)14-30-23(19)22-20-11-18(25)5-7-21(20)26-24(22)29/h4-7,10-11,15,28H,3,8-9,12-14H2,1-2H3,(H,26,29). The van der Waals surface area contributed by atoms with E-state index in [1.165, 1.54) is 12.1 Å². The molecule has 0 aliphatic carbocycles. The summed E-state index contributed by atoms with van der Waals surface area (Å²) >= 11 is 0. The van der Waals surface area contributed by atoms with Gasteiger partial charge in [0.2, 0.25) is 0 Å². The van der Waals surface area contributed by atoms with Crippen molar-refractivity contribution in [3.63, 3.8) is 0 Å². The number of anilines is 1. The molecule has 2 N–H and O–H groups in total. The number of amides is 1. The first kappa shape index (κ1) is 20.6. The smallest absolute Gasteiger partial charge is 0.260 e. The Kier molecular flexibility index (Phi) is 5.88. The second kappa shape index (κ2) is 8.58. The van der Waals surface area contributed by atoms with Gasteiger partial charge >= 0.3 is 0 Å². The molecule has 0 fully saturated rings. The maximum atomic E-state index is 13.8. The van der Waals surface area contributed by atoms with Crippen LogP contribution in [0.1, 0.15) is 42.5 Å². The lowest BCUT2D eigenvalue weighted by molar-refractivity contribution is -0.110. The van der Waals surface area contributed by atoms with Gasteiger partial charge in [-0.2, -0.15) is 0 Å². The maximum Gasteiger partial charge on any atom is 0.260 e. The highest BCUT2D eigenvalue weighted by molar-refractivity contribution is 6.36. The Morgan fingerprint density at radius 3 is 2.83 bits per heavy atom. The number of halogens is 1. The van der Waals surface area contributed by atoms with Gasteiger partial charge in [0.25, 0.3) is 5.91 Å². The highest BCUT2D eigenvalue weighted by Gasteiger charge is 2.32. The van der Waals surface area contributed by atoms with Gasteiger partial charge in [0, 0.05) is 42.0 Å². The van der Waals surface area contributed by atoms with E-state index in [4.69, 9.17) is 4.74 Å². The molecule has 1 unspecified atom stereocenters. The topological polar surface area (TPSA) is 61.8 Å². The van der Waals surface area contributed by atoms with E-state index < -0.39 is 0 Å². The van der Waals surface area contributed by atoms with Crippen molar-refractivity contribution in [2.45, 2.75) is 33.4 Å². The van der Waals surface area contributed by atoms with E-state index in [-0.39, 0.29) is 18.3 Å². The number of fused-ring (bicyclic) bond motifs is 2. The van der Waals surface area contributed by atoms with Crippen molar-refractivity contribution in [3.05, 3.63) is 64.5 Å². The van der Waals surface area contributed by atoms with Crippen molar-refractivity contribution in [2.75, 3.05) is 25.0 Å². The molecule has 2 aliphatic heterocycles. The minimum Gasteiger partial charge on any atom is -0.487 e. The molecule has 0 spiro atoms. The first-order chi connectivity index (χ1) is 14.5. The number of rotatable bonds is 7. The van der Waals surface area contributed by atoms with Crippen molar-refractivity contribution < 1.29 is 19.0 Å². The minimum atomic E-state index is -0.387. The second-order valence-electron chi connectivity index (χ2n) is 8.10. The fraction of sp³-hybridized carbons (Fsp3) is 0.375. The summed E-state index contributed by atoms with van der Waals surface area (Å²) in [7, 11) is 0. The number of aliphatic hydroxyl groups is 1. The molecule has 1 amide bonds. The van der Waals surface area contributed by atoms with Gasteiger partial charge in [0.05, 0.1) is 12.2 Å². The monoisotopic (exact) mass is 410 g/mol. The van der Waals surface area contributed by atoms with E-state index in [2.05, 4.69) is 30.1 Å². The van der Waals surface area contributed by atoms with Gasteiger partial charge in [-0.1, -0.05) is 38.5 Å². The number of ether oxygens (including phenoxy) is 1. The zero-order valence-electron chi connectivity index (χ0n) is 17.4. The Bertz CT molecular complexity index is 1000. The molecular weight excluding hydrogens is 383 g/mol. The quantitative estimate of drug-likeness (QED) is 0.677. The lowest BCUT2D eigenvalue weighted by Gasteiger charge is -2.24. The molecule has 0 saturated heterocycles. The minimum absolute atomic E-state index is 0.131. The summed E-state index contributed by atoms with van der Waals surface area (Å²) in [5, 5.41) is 12.2. The van der Waals surface area contributed by atoms with Gasteiger partial charge in [-0.05, 0) is 29.7 Å². The number of hydrogen-bond acceptors (Lipinski definition) is 4. The van der Waals surface area contributed by atoms with E-state index >= 15 is 0 Å². The van der Waals surface area contributed by atoms with Crippen LogP contribution in [-0.4, -0.2) is 35.6 Å². The summed E-state index contributed by atoms with van der Waals surface area (Å²) in [6.45, 7) is 7.22. The summed E-state index contributed by atoms with van der Waals surface area (Å²) in [5.74, 6) is 0.407. The number of aliphatic hydroxyl groups excluding tert-OH is 1. The molecular formula is C24H27FN2O3. The van der Waals surface area contributed by atoms with Crippen LogP contribution in [0.2, 0.25) is 0 Å². The van der Waals surface area contributed by atoms with E-state index in [9.17, 15) is 14.3 Å². The lowest BCUT2D eigenvalue weighted by Crippen LogP contribution is -2.30. The van der Waals surface area contributed by atoms with Gasteiger partial charge < -0.3 is 15.2 Å². The molecule has 4 rings (SSSR count). The van der Waals surface area contributed by atoms with Crippen molar-refractivity contribution in [1.82, 2.24) is 4.90 Å². The maximum absolute atomic E-state index is 13.8. The van der Waals surface area contributed by atoms with Crippen LogP contribution in [0.15, 0.2) is 36.4 Å². The summed E-state index contributed by atoms with van der Waals surface area (Å²) < 4.78 is 19.7. The lowest BCUT2D eigenvalue weighted by atomic mass is 9.99. The molecule has 2 aromatic rings. The highest BCUT2D eigenvalue weighted by Crippen LogP contribution is 2.42. The van der Waals surface area contributed by atoms with Gasteiger partial charge in [0.1, 0.15) is 18.2 Å². The van der Waals surface area contributed by atoms with E-state index in [1.807, 2.05) is 12.1 Å². The van der Waals surface area contributed by atoms with Crippen molar-refractivity contribution >= 4 is 22.9 Å². The third kappa shape index (κ3) is 3.98. The number of carbonyl (C=O) groups excluding carboxylic acids is 1. The molecule has 6 heteroatoms. The number of hydrogen-bond donors (Lipinski definition) is 2. The molecule has 158 valence electrons. The molecule has 2 heterocycles. The van der Waals surface area contributed by atoms with E-state index in [1.54, 1.807) is 6.07 Å². The second-order valence-corrected chi connectivity index (χ2v) is 8.10. The van der Waals surface area contributed by atoms with Crippen LogP contribution in [0.3, 0.4) is 0 Å². The molecule has 2 aromatic carbocycles. The molecule has 0 saturated carbocycles. The Morgan fingerprint density at radius 1 is 1.23 bits per heavy atom. The largest absolute Gasteiger partial charge is 0.487 e. The summed E-state index contributed by atoms with van der Waals surface area (Å²) in [6, 6.07) is 10.4. The molecule has 0 bridgehead atoms. The summed E-state index contributed by atoms with van der Waals surface area (Å²) in [6.07, 6.45) is 1.10. The fourth-order valence-electron chi connectivity index (χ4n) is 4.09. The third-order valence-corrected chi connectivity index (χ3v) is 5.83. The van der Waals surface area contributed by atoms with Crippen LogP contribution in [-0.2, 0) is 22.7 Å². The van der Waals surface area contributed by atoms with Crippen molar-refractivity contribution in [3.8, 4) is 0 Å². The van der Waals surface area contributed by atoms with Crippen LogP contribution in [0.4, 0.5) is 10.1 Å². The van der Waals surface area contributed by atoms with Crippen molar-refractivity contribution in [1.29, 1.82) is 0 Å². The molecule has 30 heavy (non-hydrogen) atoms. The van der Waals surface area contributed by atoms with Crippen LogP contribution >= 0.6 is 0 Å². The number of carbonyl (C=O) groups is 1. The Hall–Kier alpha value is -2.70. The third-order valence-electron chi connectivity index (χ3n) is 5.83. The van der Waals surface area contributed by atoms with Crippen LogP contribution in [0, 0.1) is 11.7 Å². The Morgan fingerprint density at radius 2 is 2.07 bits per heavy atom. The average molecular weight is 410 g/mol. The van der Waals surface area contributed by atoms with Gasteiger partial charge in [-0.25, -0.2) is 4.39 Å². The summed E-state index contributed by atoms with van der Waals surface area (Å²) in [4.78, 5) is 14.8. The number of benzene rings is 2. The van der Waals surface area contributed by atoms with E-state index in [0.717, 1.165) is 36.2 Å². The number of nitrogens with zero attached hydrogens (tertiary/aromatic N) is 1. The Labute approximate surface area is 176 Å². The summed E-state index contributed by atoms with van der Waals surface area (Å²) in [5.41, 5.74) is 4.55. The predicted octanol–water partition coefficient (Wildman–Crippen LogP) is 4.02. The fourth-order valence-corrected chi connectivity index (χ4v) is 4.09. The average Bonchev–Trinajstić information content (AvgIpc) is 3.27. The highest BCUT2D eigenvalue weighted by atomic mass is 19.1. The zero-order chi connectivity index (χ0) is 21.3. The van der Waals surface area contributed by atoms with Crippen LogP contribution in [0.25, 0.3) is 11.3 Å².